The van der Waals surface area contributed by atoms with Gasteiger partial charge in [-0.05, 0) is 18.2 Å². The molecule has 0 heterocycles. The van der Waals surface area contributed by atoms with E-state index < -0.39 is 5.82 Å². The lowest BCUT2D eigenvalue weighted by Crippen LogP contribution is -1.97. The highest BCUT2D eigenvalue weighted by atomic mass is 19.1. The third-order valence-electron chi connectivity index (χ3n) is 2.98. The molecule has 2 N–H and O–H groups in total. The zero-order chi connectivity index (χ0) is 14.7. The molecule has 0 saturated heterocycles. The third-order valence-corrected chi connectivity index (χ3v) is 2.98. The summed E-state index contributed by atoms with van der Waals surface area (Å²) in [4.78, 5) is 0. The minimum atomic E-state index is -0.438. The smallest absolute Gasteiger partial charge is 0.134 e. The first-order valence-electron chi connectivity index (χ1n) is 5.96. The summed E-state index contributed by atoms with van der Waals surface area (Å²) < 4.78 is 29.9. The first kappa shape index (κ1) is 14.0. The summed E-state index contributed by atoms with van der Waals surface area (Å²) in [5.41, 5.74) is 6.81. The van der Waals surface area contributed by atoms with E-state index >= 15 is 0 Å². The quantitative estimate of drug-likeness (QED) is 0.872. The highest BCUT2D eigenvalue weighted by molar-refractivity contribution is 5.79. The molecule has 5 heteroatoms. The summed E-state index contributed by atoms with van der Waals surface area (Å²) in [6.07, 6.45) is 0. The maximum Gasteiger partial charge on any atom is 0.134 e. The molecule has 0 saturated carbocycles. The zero-order valence-electron chi connectivity index (χ0n) is 11.6. The Labute approximate surface area is 116 Å². The maximum absolute atomic E-state index is 14.1. The fourth-order valence-electron chi connectivity index (χ4n) is 2.01. The van der Waals surface area contributed by atoms with Crippen molar-refractivity contribution in [1.29, 1.82) is 0 Å². The number of hydrogen-bond acceptors (Lipinski definition) is 4. The predicted octanol–water partition coefficient (Wildman–Crippen LogP) is 3.10. The Bertz CT molecular complexity index is 604. The molecule has 0 fully saturated rings. The second-order valence-corrected chi connectivity index (χ2v) is 4.15. The van der Waals surface area contributed by atoms with E-state index in [4.69, 9.17) is 19.9 Å². The van der Waals surface area contributed by atoms with Gasteiger partial charge in [-0.3, -0.25) is 0 Å². The van der Waals surface area contributed by atoms with E-state index in [0.29, 0.717) is 34.1 Å². The van der Waals surface area contributed by atoms with Gasteiger partial charge in [0.05, 0.1) is 26.9 Å². The molecule has 0 spiro atoms. The second-order valence-electron chi connectivity index (χ2n) is 4.15. The van der Waals surface area contributed by atoms with Crippen LogP contribution in [0.15, 0.2) is 30.3 Å². The topological polar surface area (TPSA) is 53.7 Å². The van der Waals surface area contributed by atoms with E-state index in [-0.39, 0.29) is 0 Å². The van der Waals surface area contributed by atoms with E-state index in [0.717, 1.165) is 0 Å². The normalized spacial score (nSPS) is 10.2. The predicted molar refractivity (Wildman–Crippen MR) is 75.9 cm³/mol. The zero-order valence-corrected chi connectivity index (χ0v) is 11.6. The Morgan fingerprint density at radius 2 is 1.50 bits per heavy atom. The molecule has 2 rings (SSSR count). The molecular weight excluding hydrogens is 261 g/mol. The SMILES string of the molecule is COc1cc(OC)c(-c2ccc(N)cc2F)c(OC)c1. The lowest BCUT2D eigenvalue weighted by atomic mass is 10.0. The monoisotopic (exact) mass is 277 g/mol. The van der Waals surface area contributed by atoms with Gasteiger partial charge >= 0.3 is 0 Å². The van der Waals surface area contributed by atoms with Gasteiger partial charge in [0, 0.05) is 23.4 Å². The van der Waals surface area contributed by atoms with Crippen LogP contribution in [0, 0.1) is 5.82 Å². The van der Waals surface area contributed by atoms with Crippen molar-refractivity contribution < 1.29 is 18.6 Å². The highest BCUT2D eigenvalue weighted by Gasteiger charge is 2.18. The Kier molecular flexibility index (Phi) is 3.98. The van der Waals surface area contributed by atoms with E-state index in [2.05, 4.69) is 0 Å². The van der Waals surface area contributed by atoms with Crippen LogP contribution in [0.25, 0.3) is 11.1 Å². The summed E-state index contributed by atoms with van der Waals surface area (Å²) in [7, 11) is 4.55. The van der Waals surface area contributed by atoms with Crippen LogP contribution < -0.4 is 19.9 Å². The van der Waals surface area contributed by atoms with Crippen LogP contribution in [0.2, 0.25) is 0 Å². The van der Waals surface area contributed by atoms with E-state index in [1.54, 1.807) is 24.3 Å². The first-order chi connectivity index (χ1) is 9.60. The van der Waals surface area contributed by atoms with Crippen LogP contribution in [0.3, 0.4) is 0 Å². The second kappa shape index (κ2) is 5.69. The summed E-state index contributed by atoms with van der Waals surface area (Å²) in [5.74, 6) is 1.06. The minimum absolute atomic E-state index is 0.357. The fraction of sp³-hybridized carbons (Fsp3) is 0.200. The molecular formula is C15H16FNO3. The number of methoxy groups -OCH3 is 3. The van der Waals surface area contributed by atoms with E-state index in [1.165, 1.54) is 27.4 Å². The average molecular weight is 277 g/mol. The van der Waals surface area contributed by atoms with Crippen LogP contribution >= 0.6 is 0 Å². The van der Waals surface area contributed by atoms with Crippen molar-refractivity contribution in [2.45, 2.75) is 0 Å². The van der Waals surface area contributed by atoms with Crippen molar-refractivity contribution in [3.05, 3.63) is 36.1 Å². The lowest BCUT2D eigenvalue weighted by molar-refractivity contribution is 0.377. The molecule has 4 nitrogen and oxygen atoms in total. The molecule has 0 bridgehead atoms. The van der Waals surface area contributed by atoms with Gasteiger partial charge in [0.25, 0.3) is 0 Å². The molecule has 0 amide bonds. The van der Waals surface area contributed by atoms with Gasteiger partial charge in [0.1, 0.15) is 23.1 Å². The molecule has 0 unspecified atom stereocenters. The third kappa shape index (κ3) is 2.47. The van der Waals surface area contributed by atoms with Gasteiger partial charge in [-0.15, -0.1) is 0 Å². The largest absolute Gasteiger partial charge is 0.496 e. The summed E-state index contributed by atoms with van der Waals surface area (Å²) in [6, 6.07) is 7.83. The molecule has 20 heavy (non-hydrogen) atoms. The summed E-state index contributed by atoms with van der Waals surface area (Å²) in [5, 5.41) is 0. The molecule has 0 radical (unpaired) electrons. The van der Waals surface area contributed by atoms with Gasteiger partial charge in [0.15, 0.2) is 0 Å². The van der Waals surface area contributed by atoms with Crippen LogP contribution in [-0.2, 0) is 0 Å². The van der Waals surface area contributed by atoms with Crippen molar-refractivity contribution in [3.63, 3.8) is 0 Å². The van der Waals surface area contributed by atoms with Gasteiger partial charge in [0.2, 0.25) is 0 Å². The molecule has 0 atom stereocenters. The number of ether oxygens (including phenoxy) is 3. The maximum atomic E-state index is 14.1. The number of nitrogens with two attached hydrogens (primary N) is 1. The number of benzene rings is 2. The van der Waals surface area contributed by atoms with E-state index in [1.807, 2.05) is 0 Å². The van der Waals surface area contributed by atoms with Gasteiger partial charge in [-0.2, -0.15) is 0 Å². The molecule has 2 aromatic carbocycles. The average Bonchev–Trinajstić information content (AvgIpc) is 2.46. The van der Waals surface area contributed by atoms with E-state index in [9.17, 15) is 4.39 Å². The van der Waals surface area contributed by atoms with Crippen LogP contribution in [0.4, 0.5) is 10.1 Å². The Morgan fingerprint density at radius 3 is 1.95 bits per heavy atom. The number of halogens is 1. The van der Waals surface area contributed by atoms with Gasteiger partial charge in [-0.25, -0.2) is 4.39 Å². The molecule has 0 aliphatic rings. The van der Waals surface area contributed by atoms with Crippen LogP contribution in [-0.4, -0.2) is 21.3 Å². The fourth-order valence-corrected chi connectivity index (χ4v) is 2.01. The molecule has 106 valence electrons. The Hall–Kier alpha value is -2.43. The van der Waals surface area contributed by atoms with Crippen molar-refractivity contribution in [1.82, 2.24) is 0 Å². The van der Waals surface area contributed by atoms with Crippen molar-refractivity contribution in [2.75, 3.05) is 27.1 Å². The Balaban J connectivity index is 2.71. The summed E-state index contributed by atoms with van der Waals surface area (Å²) in [6.45, 7) is 0. The molecule has 0 aliphatic heterocycles. The number of anilines is 1. The Morgan fingerprint density at radius 1 is 0.900 bits per heavy atom. The molecule has 2 aromatic rings. The molecule has 0 aliphatic carbocycles. The van der Waals surface area contributed by atoms with Crippen LogP contribution in [0.5, 0.6) is 17.2 Å². The minimum Gasteiger partial charge on any atom is -0.496 e. The summed E-state index contributed by atoms with van der Waals surface area (Å²) >= 11 is 0. The highest BCUT2D eigenvalue weighted by Crippen LogP contribution is 2.42. The number of rotatable bonds is 4. The number of hydrogen-bond donors (Lipinski definition) is 1. The van der Waals surface area contributed by atoms with Crippen molar-refractivity contribution in [3.8, 4) is 28.4 Å². The first-order valence-corrected chi connectivity index (χ1v) is 5.96. The number of nitrogen functional groups attached to an aromatic ring is 1. The lowest BCUT2D eigenvalue weighted by Gasteiger charge is -2.16. The van der Waals surface area contributed by atoms with Crippen molar-refractivity contribution in [2.24, 2.45) is 0 Å². The van der Waals surface area contributed by atoms with Gasteiger partial charge < -0.3 is 19.9 Å². The van der Waals surface area contributed by atoms with Crippen molar-refractivity contribution >= 4 is 5.69 Å². The molecule has 0 aromatic heterocycles. The standard InChI is InChI=1S/C15H16FNO3/c1-18-10-7-13(19-2)15(14(8-10)20-3)11-5-4-9(17)6-12(11)16/h4-8H,17H2,1-3H3. The van der Waals surface area contributed by atoms with Crippen LogP contribution in [0.1, 0.15) is 0 Å². The van der Waals surface area contributed by atoms with Gasteiger partial charge in [-0.1, -0.05) is 0 Å².